The van der Waals surface area contributed by atoms with Crippen LogP contribution in [0.4, 0.5) is 11.4 Å². The molecule has 0 atom stereocenters. The van der Waals surface area contributed by atoms with Gasteiger partial charge in [0.05, 0.1) is 12.0 Å². The lowest BCUT2D eigenvalue weighted by atomic mass is 10.1. The van der Waals surface area contributed by atoms with Crippen molar-refractivity contribution < 1.29 is 19.2 Å². The Kier molecular flexibility index (Phi) is 6.48. The van der Waals surface area contributed by atoms with Crippen LogP contribution < -0.4 is 15.4 Å². The molecule has 0 aliphatic rings. The Morgan fingerprint density at radius 3 is 2.56 bits per heavy atom. The van der Waals surface area contributed by atoms with E-state index in [1.54, 1.807) is 32.0 Å². The third-order valence-corrected chi connectivity index (χ3v) is 3.81. The highest BCUT2D eigenvalue weighted by Gasteiger charge is 2.18. The van der Waals surface area contributed by atoms with E-state index < -0.39 is 10.8 Å². The van der Waals surface area contributed by atoms with Gasteiger partial charge < -0.3 is 15.4 Å². The van der Waals surface area contributed by atoms with Crippen LogP contribution in [0.25, 0.3) is 0 Å². The summed E-state index contributed by atoms with van der Waals surface area (Å²) in [5.41, 5.74) is 1.31. The largest absolute Gasteiger partial charge is 0.490 e. The number of nitrogens with one attached hydrogen (secondary N) is 2. The first-order valence-electron chi connectivity index (χ1n) is 8.32. The molecule has 0 unspecified atom stereocenters. The van der Waals surface area contributed by atoms with E-state index in [1.807, 2.05) is 6.07 Å². The molecule has 2 N–H and O–H groups in total. The van der Waals surface area contributed by atoms with E-state index in [0.29, 0.717) is 5.69 Å². The van der Waals surface area contributed by atoms with Gasteiger partial charge in [0.2, 0.25) is 5.91 Å². The van der Waals surface area contributed by atoms with Crippen molar-refractivity contribution in [3.8, 4) is 5.75 Å². The van der Waals surface area contributed by atoms with Crippen molar-refractivity contribution in [1.82, 2.24) is 5.32 Å². The fraction of sp³-hybridized carbons (Fsp3) is 0.263. The number of carbonyl (C=O) groups is 2. The highest BCUT2D eigenvalue weighted by Crippen LogP contribution is 2.27. The Balaban J connectivity index is 2.06. The molecule has 2 aromatic rings. The smallest absolute Gasteiger partial charge is 0.311 e. The Morgan fingerprint density at radius 2 is 1.93 bits per heavy atom. The van der Waals surface area contributed by atoms with Crippen LogP contribution in [0, 0.1) is 16.0 Å². The molecule has 0 radical (unpaired) electrons. The van der Waals surface area contributed by atoms with Crippen LogP contribution in [0.15, 0.2) is 42.5 Å². The van der Waals surface area contributed by atoms with Crippen molar-refractivity contribution in [3.05, 3.63) is 63.7 Å². The van der Waals surface area contributed by atoms with Gasteiger partial charge in [-0.15, -0.1) is 0 Å². The van der Waals surface area contributed by atoms with Gasteiger partial charge in [0, 0.05) is 29.8 Å². The number of rotatable bonds is 7. The van der Waals surface area contributed by atoms with Gasteiger partial charge in [0.15, 0.2) is 5.75 Å². The van der Waals surface area contributed by atoms with Crippen LogP contribution >= 0.6 is 0 Å². The number of carbonyl (C=O) groups excluding carboxylic acids is 2. The lowest BCUT2D eigenvalue weighted by Gasteiger charge is -2.10. The molecule has 0 spiro atoms. The van der Waals surface area contributed by atoms with Crippen LogP contribution in [0.1, 0.15) is 29.8 Å². The zero-order chi connectivity index (χ0) is 20.0. The first-order chi connectivity index (χ1) is 12.8. The molecule has 2 amide bonds. The van der Waals surface area contributed by atoms with E-state index in [4.69, 9.17) is 4.74 Å². The Labute approximate surface area is 156 Å². The van der Waals surface area contributed by atoms with Crippen molar-refractivity contribution >= 4 is 23.2 Å². The number of hydrogen-bond acceptors (Lipinski definition) is 5. The summed E-state index contributed by atoms with van der Waals surface area (Å²) >= 11 is 0. The molecule has 0 saturated carbocycles. The predicted octanol–water partition coefficient (Wildman–Crippen LogP) is 3.13. The number of nitrogens with zero attached hydrogens (tertiary/aromatic N) is 1. The highest BCUT2D eigenvalue weighted by atomic mass is 16.6. The maximum Gasteiger partial charge on any atom is 0.311 e. The third kappa shape index (κ3) is 5.27. The summed E-state index contributed by atoms with van der Waals surface area (Å²) in [5, 5.41) is 16.6. The fourth-order valence-electron chi connectivity index (χ4n) is 2.30. The number of amides is 2. The van der Waals surface area contributed by atoms with E-state index >= 15 is 0 Å². The van der Waals surface area contributed by atoms with Gasteiger partial charge in [-0.05, 0) is 29.8 Å². The van der Waals surface area contributed by atoms with Gasteiger partial charge in [-0.2, -0.15) is 0 Å². The average Bonchev–Trinajstić information content (AvgIpc) is 2.65. The summed E-state index contributed by atoms with van der Waals surface area (Å²) < 4.78 is 4.92. The number of nitro groups is 1. The van der Waals surface area contributed by atoms with Gasteiger partial charge in [-0.3, -0.25) is 19.7 Å². The number of benzene rings is 2. The van der Waals surface area contributed by atoms with Crippen molar-refractivity contribution in [3.63, 3.8) is 0 Å². The number of hydrogen-bond donors (Lipinski definition) is 2. The highest BCUT2D eigenvalue weighted by molar-refractivity contribution is 5.95. The maximum absolute atomic E-state index is 12.3. The average molecular weight is 371 g/mol. The molecule has 8 nitrogen and oxygen atoms in total. The second-order valence-electron chi connectivity index (χ2n) is 6.17. The molecule has 2 aromatic carbocycles. The van der Waals surface area contributed by atoms with Gasteiger partial charge >= 0.3 is 5.69 Å². The first-order valence-corrected chi connectivity index (χ1v) is 8.32. The molecular weight excluding hydrogens is 350 g/mol. The fourth-order valence-corrected chi connectivity index (χ4v) is 2.30. The van der Waals surface area contributed by atoms with Crippen LogP contribution in [0.3, 0.4) is 0 Å². The zero-order valence-electron chi connectivity index (χ0n) is 15.3. The van der Waals surface area contributed by atoms with Crippen LogP contribution in [0.2, 0.25) is 0 Å². The summed E-state index contributed by atoms with van der Waals surface area (Å²) in [6, 6.07) is 11.1. The summed E-state index contributed by atoms with van der Waals surface area (Å²) in [5.74, 6) is -0.594. The lowest BCUT2D eigenvalue weighted by Crippen LogP contribution is -2.23. The minimum atomic E-state index is -0.601. The summed E-state index contributed by atoms with van der Waals surface area (Å²) in [6.45, 7) is 3.81. The van der Waals surface area contributed by atoms with Gasteiger partial charge in [0.25, 0.3) is 5.91 Å². The number of anilines is 1. The van der Waals surface area contributed by atoms with Crippen molar-refractivity contribution in [1.29, 1.82) is 0 Å². The van der Waals surface area contributed by atoms with Crippen molar-refractivity contribution in [2.45, 2.75) is 20.4 Å². The Bertz CT molecular complexity index is 864. The SMILES string of the molecule is COc1ccc(C(=O)NCc2cccc(NC(=O)C(C)C)c2)cc1[N+](=O)[O-]. The minimum absolute atomic E-state index is 0.0881. The molecule has 8 heteroatoms. The minimum Gasteiger partial charge on any atom is -0.490 e. The Morgan fingerprint density at radius 1 is 1.19 bits per heavy atom. The van der Waals surface area contributed by atoms with E-state index in [9.17, 15) is 19.7 Å². The normalized spacial score (nSPS) is 10.4. The summed E-state index contributed by atoms with van der Waals surface area (Å²) in [4.78, 5) is 34.5. The molecule has 0 aromatic heterocycles. The first kappa shape index (κ1) is 19.9. The molecule has 0 bridgehead atoms. The van der Waals surface area contributed by atoms with E-state index in [1.165, 1.54) is 25.3 Å². The summed E-state index contributed by atoms with van der Waals surface area (Å²) in [7, 11) is 1.33. The van der Waals surface area contributed by atoms with Crippen LogP contribution in [-0.2, 0) is 11.3 Å². The third-order valence-electron chi connectivity index (χ3n) is 3.81. The molecular formula is C19H21N3O5. The molecule has 0 aliphatic heterocycles. The number of methoxy groups -OCH3 is 1. The van der Waals surface area contributed by atoms with Crippen molar-refractivity contribution in [2.75, 3.05) is 12.4 Å². The predicted molar refractivity (Wildman–Crippen MR) is 101 cm³/mol. The van der Waals surface area contributed by atoms with E-state index in [-0.39, 0.29) is 35.4 Å². The lowest BCUT2D eigenvalue weighted by molar-refractivity contribution is -0.385. The van der Waals surface area contributed by atoms with Crippen LogP contribution in [0.5, 0.6) is 5.75 Å². The summed E-state index contributed by atoms with van der Waals surface area (Å²) in [6.07, 6.45) is 0. The maximum atomic E-state index is 12.3. The molecule has 2 rings (SSSR count). The van der Waals surface area contributed by atoms with E-state index in [0.717, 1.165) is 5.56 Å². The molecule has 0 aliphatic carbocycles. The second-order valence-corrected chi connectivity index (χ2v) is 6.17. The number of nitro benzene ring substituents is 1. The molecule has 0 saturated heterocycles. The molecule has 0 heterocycles. The Hall–Kier alpha value is -3.42. The van der Waals surface area contributed by atoms with Gasteiger partial charge in [0.1, 0.15) is 0 Å². The molecule has 142 valence electrons. The second kappa shape index (κ2) is 8.79. The quantitative estimate of drug-likeness (QED) is 0.574. The standard InChI is InChI=1S/C19H21N3O5/c1-12(2)18(23)21-15-6-4-5-13(9-15)11-20-19(24)14-7-8-17(27-3)16(10-14)22(25)26/h4-10,12H,11H2,1-3H3,(H,20,24)(H,21,23). The van der Waals surface area contributed by atoms with Crippen molar-refractivity contribution in [2.24, 2.45) is 5.92 Å². The van der Waals surface area contributed by atoms with E-state index in [2.05, 4.69) is 10.6 Å². The van der Waals surface area contributed by atoms with Gasteiger partial charge in [-0.1, -0.05) is 26.0 Å². The molecule has 27 heavy (non-hydrogen) atoms. The number of ether oxygens (including phenoxy) is 1. The topological polar surface area (TPSA) is 111 Å². The van der Waals surface area contributed by atoms with Crippen LogP contribution in [-0.4, -0.2) is 23.8 Å². The van der Waals surface area contributed by atoms with Gasteiger partial charge in [-0.25, -0.2) is 0 Å². The zero-order valence-corrected chi connectivity index (χ0v) is 15.3. The molecule has 0 fully saturated rings. The monoisotopic (exact) mass is 371 g/mol.